The summed E-state index contributed by atoms with van der Waals surface area (Å²) < 4.78 is 0. The smallest absolute Gasteiger partial charge is 0.221 e. The molecule has 0 heterocycles. The van der Waals surface area contributed by atoms with Crippen molar-refractivity contribution in [1.82, 2.24) is 0 Å². The van der Waals surface area contributed by atoms with Crippen LogP contribution in [0.15, 0.2) is 58.3 Å². The van der Waals surface area contributed by atoms with Gasteiger partial charge in [-0.2, -0.15) is 0 Å². The van der Waals surface area contributed by atoms with E-state index in [4.69, 9.17) is 11.6 Å². The van der Waals surface area contributed by atoms with Crippen molar-refractivity contribution in [3.63, 3.8) is 0 Å². The molecule has 0 radical (unpaired) electrons. The van der Waals surface area contributed by atoms with Gasteiger partial charge in [-0.05, 0) is 36.4 Å². The lowest BCUT2D eigenvalue weighted by Gasteiger charge is -2.09. The van der Waals surface area contributed by atoms with Gasteiger partial charge >= 0.3 is 0 Å². The molecule has 2 aromatic carbocycles. The Morgan fingerprint density at radius 3 is 2.44 bits per heavy atom. The third kappa shape index (κ3) is 3.52. The first-order valence-electron chi connectivity index (χ1n) is 5.45. The number of rotatable bonds is 3. The van der Waals surface area contributed by atoms with Crippen LogP contribution in [-0.4, -0.2) is 5.91 Å². The van der Waals surface area contributed by atoms with Gasteiger partial charge in [0, 0.05) is 21.7 Å². The molecule has 1 amide bonds. The van der Waals surface area contributed by atoms with Crippen molar-refractivity contribution in [1.29, 1.82) is 0 Å². The lowest BCUT2D eigenvalue weighted by molar-refractivity contribution is -0.114. The number of amides is 1. The van der Waals surface area contributed by atoms with Crippen LogP contribution in [0.4, 0.5) is 5.69 Å². The maximum atomic E-state index is 11.1. The zero-order valence-corrected chi connectivity index (χ0v) is 11.4. The fourth-order valence-corrected chi connectivity index (χ4v) is 2.51. The molecule has 0 aliphatic carbocycles. The van der Waals surface area contributed by atoms with Crippen molar-refractivity contribution in [2.45, 2.75) is 16.7 Å². The first kappa shape index (κ1) is 13.0. The van der Waals surface area contributed by atoms with Gasteiger partial charge in [-0.15, -0.1) is 0 Å². The van der Waals surface area contributed by atoms with Crippen LogP contribution in [0.3, 0.4) is 0 Å². The van der Waals surface area contributed by atoms with E-state index >= 15 is 0 Å². The second-order valence-electron chi connectivity index (χ2n) is 3.73. The number of carbonyl (C=O) groups is 1. The Labute approximate surface area is 115 Å². The van der Waals surface area contributed by atoms with Crippen molar-refractivity contribution in [3.8, 4) is 0 Å². The molecule has 0 atom stereocenters. The summed E-state index contributed by atoms with van der Waals surface area (Å²) in [6.07, 6.45) is 0. The monoisotopic (exact) mass is 277 g/mol. The van der Waals surface area contributed by atoms with Gasteiger partial charge < -0.3 is 5.32 Å². The first-order chi connectivity index (χ1) is 8.65. The van der Waals surface area contributed by atoms with E-state index in [0.29, 0.717) is 0 Å². The van der Waals surface area contributed by atoms with Crippen LogP contribution >= 0.6 is 23.4 Å². The van der Waals surface area contributed by atoms with E-state index in [1.807, 2.05) is 48.5 Å². The molecule has 0 saturated heterocycles. The summed E-state index contributed by atoms with van der Waals surface area (Å²) in [5.41, 5.74) is 0.824. The molecular formula is C14H12ClNOS. The molecule has 0 spiro atoms. The van der Waals surface area contributed by atoms with Gasteiger partial charge in [0.2, 0.25) is 5.91 Å². The minimum absolute atomic E-state index is 0.0702. The van der Waals surface area contributed by atoms with Crippen molar-refractivity contribution in [2.75, 3.05) is 5.32 Å². The quantitative estimate of drug-likeness (QED) is 0.898. The second kappa shape index (κ2) is 5.94. The minimum atomic E-state index is -0.0702. The largest absolute Gasteiger partial charge is 0.325 e. The zero-order chi connectivity index (χ0) is 13.0. The van der Waals surface area contributed by atoms with E-state index in [2.05, 4.69) is 5.32 Å². The Morgan fingerprint density at radius 1 is 1.11 bits per heavy atom. The van der Waals surface area contributed by atoms with Crippen molar-refractivity contribution >= 4 is 35.0 Å². The van der Waals surface area contributed by atoms with Crippen LogP contribution < -0.4 is 5.32 Å². The Bertz CT molecular complexity index is 554. The van der Waals surface area contributed by atoms with E-state index in [1.54, 1.807) is 11.8 Å². The molecule has 0 aromatic heterocycles. The SMILES string of the molecule is CC(=O)Nc1ccccc1Sc1ccc(Cl)cc1. The summed E-state index contributed by atoms with van der Waals surface area (Å²) in [5, 5.41) is 3.54. The summed E-state index contributed by atoms with van der Waals surface area (Å²) >= 11 is 7.44. The standard InChI is InChI=1S/C14H12ClNOS/c1-10(17)16-13-4-2-3-5-14(13)18-12-8-6-11(15)7-9-12/h2-9H,1H3,(H,16,17). The molecule has 2 nitrogen and oxygen atoms in total. The molecule has 0 fully saturated rings. The van der Waals surface area contributed by atoms with E-state index in [9.17, 15) is 4.79 Å². The maximum Gasteiger partial charge on any atom is 0.221 e. The normalized spacial score (nSPS) is 10.1. The summed E-state index contributed by atoms with van der Waals surface area (Å²) in [6.45, 7) is 1.50. The van der Waals surface area contributed by atoms with Gasteiger partial charge in [0.25, 0.3) is 0 Å². The number of anilines is 1. The molecular weight excluding hydrogens is 266 g/mol. The van der Waals surface area contributed by atoms with E-state index in [0.717, 1.165) is 20.5 Å². The van der Waals surface area contributed by atoms with Gasteiger partial charge in [0.15, 0.2) is 0 Å². The molecule has 1 N–H and O–H groups in total. The lowest BCUT2D eigenvalue weighted by Crippen LogP contribution is -2.06. The average molecular weight is 278 g/mol. The molecule has 92 valence electrons. The Kier molecular flexibility index (Phi) is 4.28. The Hall–Kier alpha value is -1.45. The van der Waals surface area contributed by atoms with Crippen LogP contribution in [0.25, 0.3) is 0 Å². The van der Waals surface area contributed by atoms with Crippen LogP contribution in [-0.2, 0) is 4.79 Å². The number of halogens is 1. The molecule has 4 heteroatoms. The molecule has 0 saturated carbocycles. The molecule has 0 unspecified atom stereocenters. The highest BCUT2D eigenvalue weighted by atomic mass is 35.5. The molecule has 18 heavy (non-hydrogen) atoms. The van der Waals surface area contributed by atoms with E-state index in [-0.39, 0.29) is 5.91 Å². The molecule has 2 aromatic rings. The topological polar surface area (TPSA) is 29.1 Å². The van der Waals surface area contributed by atoms with Crippen LogP contribution in [0.2, 0.25) is 5.02 Å². The number of hydrogen-bond acceptors (Lipinski definition) is 2. The summed E-state index contributed by atoms with van der Waals surface area (Å²) in [7, 11) is 0. The molecule has 2 rings (SSSR count). The van der Waals surface area contributed by atoms with Crippen LogP contribution in [0.5, 0.6) is 0 Å². The predicted octanol–water partition coefficient (Wildman–Crippen LogP) is 4.45. The van der Waals surface area contributed by atoms with E-state index < -0.39 is 0 Å². The fourth-order valence-electron chi connectivity index (χ4n) is 1.48. The summed E-state index contributed by atoms with van der Waals surface area (Å²) in [4.78, 5) is 13.2. The highest BCUT2D eigenvalue weighted by Gasteiger charge is 2.05. The zero-order valence-electron chi connectivity index (χ0n) is 9.81. The highest BCUT2D eigenvalue weighted by Crippen LogP contribution is 2.33. The van der Waals surface area contributed by atoms with Crippen molar-refractivity contribution in [2.24, 2.45) is 0 Å². The van der Waals surface area contributed by atoms with Crippen molar-refractivity contribution in [3.05, 3.63) is 53.6 Å². The Balaban J connectivity index is 2.23. The number of para-hydroxylation sites is 1. The number of carbonyl (C=O) groups excluding carboxylic acids is 1. The summed E-state index contributed by atoms with van der Waals surface area (Å²) in [6, 6.07) is 15.3. The highest BCUT2D eigenvalue weighted by molar-refractivity contribution is 7.99. The Morgan fingerprint density at radius 2 is 1.78 bits per heavy atom. The van der Waals surface area contributed by atoms with Gasteiger partial charge in [0.1, 0.15) is 0 Å². The molecule has 0 bridgehead atoms. The first-order valence-corrected chi connectivity index (χ1v) is 6.64. The van der Waals surface area contributed by atoms with E-state index in [1.165, 1.54) is 6.92 Å². The number of nitrogens with one attached hydrogen (secondary N) is 1. The fraction of sp³-hybridized carbons (Fsp3) is 0.0714. The lowest BCUT2D eigenvalue weighted by atomic mass is 10.3. The van der Waals surface area contributed by atoms with Gasteiger partial charge in [0.05, 0.1) is 5.69 Å². The van der Waals surface area contributed by atoms with Gasteiger partial charge in [-0.3, -0.25) is 4.79 Å². The third-order valence-electron chi connectivity index (χ3n) is 2.24. The predicted molar refractivity (Wildman–Crippen MR) is 76.3 cm³/mol. The van der Waals surface area contributed by atoms with Crippen molar-refractivity contribution < 1.29 is 4.79 Å². The van der Waals surface area contributed by atoms with Gasteiger partial charge in [-0.25, -0.2) is 0 Å². The maximum absolute atomic E-state index is 11.1. The minimum Gasteiger partial charge on any atom is -0.325 e. The second-order valence-corrected chi connectivity index (χ2v) is 5.29. The molecule has 0 aliphatic heterocycles. The molecule has 0 aliphatic rings. The third-order valence-corrected chi connectivity index (χ3v) is 3.57. The average Bonchev–Trinajstić information content (AvgIpc) is 2.34. The summed E-state index contributed by atoms with van der Waals surface area (Å²) in [5.74, 6) is -0.0702. The van der Waals surface area contributed by atoms with Gasteiger partial charge in [-0.1, -0.05) is 35.5 Å². The van der Waals surface area contributed by atoms with Crippen LogP contribution in [0, 0.1) is 0 Å². The number of hydrogen-bond donors (Lipinski definition) is 1. The number of benzene rings is 2. The van der Waals surface area contributed by atoms with Crippen LogP contribution in [0.1, 0.15) is 6.92 Å².